The van der Waals surface area contributed by atoms with Gasteiger partial charge in [-0.05, 0) is 72.8 Å². The Morgan fingerprint density at radius 2 is 1.88 bits per heavy atom. The molecule has 40 heavy (non-hydrogen) atoms. The summed E-state index contributed by atoms with van der Waals surface area (Å²) in [5.41, 5.74) is 4.49. The first-order chi connectivity index (χ1) is 18.8. The number of phenolic OH excluding ortho intramolecular Hbond substituents is 1. The number of benzene rings is 1. The molecule has 3 aliphatic rings. The number of rotatable bonds is 5. The number of hydrogen-bond donors (Lipinski definition) is 5. The summed E-state index contributed by atoms with van der Waals surface area (Å²) in [6, 6.07) is 7.35. The van der Waals surface area contributed by atoms with Crippen molar-refractivity contribution in [3.8, 4) is 17.0 Å². The third-order valence-corrected chi connectivity index (χ3v) is 8.46. The van der Waals surface area contributed by atoms with Crippen LogP contribution in [0.25, 0.3) is 17.0 Å². The molecule has 2 aromatic rings. The molecule has 0 radical (unpaired) electrons. The van der Waals surface area contributed by atoms with Gasteiger partial charge in [-0.15, -0.1) is 0 Å². The number of aromatic hydroxyl groups is 1. The van der Waals surface area contributed by atoms with Crippen LogP contribution in [-0.2, 0) is 27.2 Å². The number of fused-ring (bicyclic) bond motifs is 3. The first-order valence-corrected chi connectivity index (χ1v) is 13.5. The highest BCUT2D eigenvalue weighted by atomic mass is 16.3. The Bertz CT molecular complexity index is 1500. The number of amides is 1. The standard InChI is InChI=1S/C31H34N2O7/c1-30(2,3)9-6-7-15-12-18(20-8-4-5-10-33-20)19-13-16-11-17-14-21(34)24(29(32)39)28(38)31(17,40)27(37)22(16)26(36)23(19)25(15)35/h4-5,8,10,12,16-17,35-36,38,40H,6-7,9,11,13-14H2,1-3H3,(H2,32,39)/t16-,17+,31+/m1/s1. The highest BCUT2D eigenvalue weighted by molar-refractivity contribution is 6.22. The number of aliphatic hydroxyl groups excluding tert-OH is 2. The number of nitrogens with two attached hydrogens (primary N) is 1. The van der Waals surface area contributed by atoms with Crippen LogP contribution in [0.4, 0.5) is 0 Å². The molecular weight excluding hydrogens is 512 g/mol. The number of primary amides is 1. The minimum absolute atomic E-state index is 0.0820. The molecule has 9 heteroatoms. The Morgan fingerprint density at radius 3 is 2.50 bits per heavy atom. The van der Waals surface area contributed by atoms with E-state index in [0.29, 0.717) is 23.2 Å². The fraction of sp³-hybridized carbons (Fsp3) is 0.419. The maximum Gasteiger partial charge on any atom is 0.255 e. The van der Waals surface area contributed by atoms with Crippen molar-refractivity contribution >= 4 is 23.2 Å². The van der Waals surface area contributed by atoms with Gasteiger partial charge in [0.25, 0.3) is 5.91 Å². The van der Waals surface area contributed by atoms with Crippen LogP contribution in [0.2, 0.25) is 0 Å². The Balaban J connectivity index is 1.69. The topological polar surface area (TPSA) is 171 Å². The molecule has 1 fully saturated rings. The van der Waals surface area contributed by atoms with Crippen molar-refractivity contribution < 1.29 is 34.8 Å². The van der Waals surface area contributed by atoms with E-state index in [0.717, 1.165) is 18.4 Å². The smallest absolute Gasteiger partial charge is 0.255 e. The molecule has 0 saturated heterocycles. The second-order valence-corrected chi connectivity index (χ2v) is 12.3. The summed E-state index contributed by atoms with van der Waals surface area (Å²) >= 11 is 0. The maximum atomic E-state index is 13.8. The number of carbonyl (C=O) groups is 3. The number of ketones is 2. The largest absolute Gasteiger partial charge is 0.508 e. The van der Waals surface area contributed by atoms with Crippen molar-refractivity contribution in [3.63, 3.8) is 0 Å². The predicted molar refractivity (Wildman–Crippen MR) is 147 cm³/mol. The van der Waals surface area contributed by atoms with E-state index in [4.69, 9.17) is 5.73 Å². The number of nitrogens with zero attached hydrogens (tertiary/aromatic N) is 1. The summed E-state index contributed by atoms with van der Waals surface area (Å²) in [5.74, 6) is -6.31. The minimum Gasteiger partial charge on any atom is -0.508 e. The van der Waals surface area contributed by atoms with Crippen LogP contribution < -0.4 is 5.73 Å². The van der Waals surface area contributed by atoms with E-state index < -0.39 is 52.0 Å². The zero-order valence-corrected chi connectivity index (χ0v) is 22.8. The van der Waals surface area contributed by atoms with Crippen molar-refractivity contribution in [1.29, 1.82) is 0 Å². The van der Waals surface area contributed by atoms with Gasteiger partial charge in [0.05, 0.1) is 11.3 Å². The van der Waals surface area contributed by atoms with Gasteiger partial charge in [-0.25, -0.2) is 0 Å². The average molecular weight is 547 g/mol. The molecule has 5 rings (SSSR count). The van der Waals surface area contributed by atoms with E-state index in [1.165, 1.54) is 0 Å². The second kappa shape index (κ2) is 9.59. The van der Waals surface area contributed by atoms with E-state index in [2.05, 4.69) is 25.8 Å². The molecular formula is C31H34N2O7. The monoisotopic (exact) mass is 546 g/mol. The lowest BCUT2D eigenvalue weighted by Gasteiger charge is -2.46. The van der Waals surface area contributed by atoms with Crippen LogP contribution >= 0.6 is 0 Å². The van der Waals surface area contributed by atoms with Gasteiger partial charge in [0, 0.05) is 29.7 Å². The van der Waals surface area contributed by atoms with E-state index in [-0.39, 0.29) is 41.6 Å². The number of aromatic nitrogens is 1. The van der Waals surface area contributed by atoms with E-state index >= 15 is 0 Å². The maximum absolute atomic E-state index is 13.8. The van der Waals surface area contributed by atoms with Crippen molar-refractivity contribution in [1.82, 2.24) is 4.98 Å². The summed E-state index contributed by atoms with van der Waals surface area (Å²) in [6.07, 6.45) is 3.82. The predicted octanol–water partition coefficient (Wildman–Crippen LogP) is 3.85. The second-order valence-electron chi connectivity index (χ2n) is 12.3. The normalized spacial score (nSPS) is 24.5. The molecule has 9 nitrogen and oxygen atoms in total. The zero-order valence-electron chi connectivity index (χ0n) is 22.8. The van der Waals surface area contributed by atoms with Crippen molar-refractivity contribution in [2.45, 2.75) is 64.9 Å². The summed E-state index contributed by atoms with van der Waals surface area (Å²) < 4.78 is 0. The molecule has 1 aromatic heterocycles. The Hall–Kier alpha value is -3.98. The first-order valence-electron chi connectivity index (χ1n) is 13.5. The molecule has 0 bridgehead atoms. The fourth-order valence-electron chi connectivity index (χ4n) is 6.50. The molecule has 6 N–H and O–H groups in total. The van der Waals surface area contributed by atoms with E-state index in [1.807, 2.05) is 18.2 Å². The van der Waals surface area contributed by atoms with E-state index in [1.54, 1.807) is 12.3 Å². The van der Waals surface area contributed by atoms with E-state index in [9.17, 15) is 34.8 Å². The van der Waals surface area contributed by atoms with Gasteiger partial charge in [-0.3, -0.25) is 19.4 Å². The number of aryl methyl sites for hydroxylation is 1. The van der Waals surface area contributed by atoms with Crippen LogP contribution in [0.1, 0.15) is 63.1 Å². The third-order valence-electron chi connectivity index (χ3n) is 8.46. The molecule has 1 saturated carbocycles. The summed E-state index contributed by atoms with van der Waals surface area (Å²) in [5, 5.41) is 45.3. The van der Waals surface area contributed by atoms with Crippen LogP contribution in [-0.4, -0.2) is 48.5 Å². The molecule has 0 spiro atoms. The molecule has 0 unspecified atom stereocenters. The van der Waals surface area contributed by atoms with Gasteiger partial charge in [-0.1, -0.05) is 26.8 Å². The lowest BCUT2D eigenvalue weighted by molar-refractivity contribution is -0.147. The van der Waals surface area contributed by atoms with Crippen LogP contribution in [0.15, 0.2) is 47.4 Å². The molecule has 3 atom stereocenters. The number of Topliss-reactive ketones (excluding diaryl/α,β-unsaturated/α-hetero) is 2. The molecule has 1 aromatic carbocycles. The average Bonchev–Trinajstić information content (AvgIpc) is 2.87. The lowest BCUT2D eigenvalue weighted by atomic mass is 9.59. The molecule has 3 aliphatic carbocycles. The number of pyridine rings is 1. The Labute approximate surface area is 232 Å². The minimum atomic E-state index is -2.58. The number of aliphatic hydroxyl groups is 3. The highest BCUT2D eigenvalue weighted by Crippen LogP contribution is 2.53. The van der Waals surface area contributed by atoms with Gasteiger partial charge in [0.2, 0.25) is 5.78 Å². The third kappa shape index (κ3) is 4.29. The molecule has 1 amide bonds. The van der Waals surface area contributed by atoms with Gasteiger partial charge < -0.3 is 26.2 Å². The molecule has 0 aliphatic heterocycles. The zero-order chi connectivity index (χ0) is 29.1. The summed E-state index contributed by atoms with van der Waals surface area (Å²) in [7, 11) is 0. The van der Waals surface area contributed by atoms with Crippen molar-refractivity contribution in [2.75, 3.05) is 0 Å². The Kier molecular flexibility index (Phi) is 6.61. The molecule has 210 valence electrons. The first kappa shape index (κ1) is 27.6. The Morgan fingerprint density at radius 1 is 1.15 bits per heavy atom. The number of phenols is 1. The van der Waals surface area contributed by atoms with Crippen LogP contribution in [0.5, 0.6) is 5.75 Å². The van der Waals surface area contributed by atoms with Gasteiger partial charge in [0.1, 0.15) is 22.8 Å². The lowest BCUT2D eigenvalue weighted by Crippen LogP contribution is -2.58. The SMILES string of the molecule is CC(C)(C)CCCc1cc(-c2ccccn2)c2c(c1O)C(O)=C1C(=O)[C@]3(O)C(O)=C(C(N)=O)C(=O)C[C@@H]3C[C@@H]1C2. The highest BCUT2D eigenvalue weighted by Gasteiger charge is 2.60. The van der Waals surface area contributed by atoms with Gasteiger partial charge >= 0.3 is 0 Å². The summed E-state index contributed by atoms with van der Waals surface area (Å²) in [4.78, 5) is 42.8. The summed E-state index contributed by atoms with van der Waals surface area (Å²) in [6.45, 7) is 6.40. The fourth-order valence-corrected chi connectivity index (χ4v) is 6.50. The van der Waals surface area contributed by atoms with Crippen molar-refractivity contribution in [2.24, 2.45) is 23.0 Å². The van der Waals surface area contributed by atoms with Gasteiger partial charge in [0.15, 0.2) is 11.4 Å². The van der Waals surface area contributed by atoms with Crippen LogP contribution in [0.3, 0.4) is 0 Å². The number of carbonyl (C=O) groups excluding carboxylic acids is 3. The quantitative estimate of drug-likeness (QED) is 0.352. The van der Waals surface area contributed by atoms with Crippen LogP contribution in [0, 0.1) is 17.3 Å². The number of hydrogen-bond acceptors (Lipinski definition) is 8. The molecule has 1 heterocycles. The van der Waals surface area contributed by atoms with Crippen molar-refractivity contribution in [3.05, 3.63) is 64.1 Å². The van der Waals surface area contributed by atoms with Gasteiger partial charge in [-0.2, -0.15) is 0 Å².